The molecule has 0 aliphatic heterocycles. The monoisotopic (exact) mass is 417 g/mol. The third-order valence-corrected chi connectivity index (χ3v) is 8.46. The molecule has 120 valence electrons. The molecule has 0 aliphatic rings. The van der Waals surface area contributed by atoms with Gasteiger partial charge in [-0.25, -0.2) is 16.8 Å². The fraction of sp³-hybridized carbons (Fsp3) is 0.500. The minimum absolute atomic E-state index is 0.0482. The third kappa shape index (κ3) is 4.34. The Morgan fingerprint density at radius 3 is 1.95 bits per heavy atom. The van der Waals surface area contributed by atoms with Crippen LogP contribution in [0.5, 0.6) is 0 Å². The molecule has 0 unspecified atom stereocenters. The highest BCUT2D eigenvalue weighted by Crippen LogP contribution is 2.36. The standard InChI is InChI=1S/C12H17BrClNO4S2/c1-3-8-20(16,17)15(21(18,19)9-4-2)11-7-5-6-10(13)12(11)14/h5-7H,3-4,8-9H2,1-2H3. The molecule has 21 heavy (non-hydrogen) atoms. The van der Waals surface area contributed by atoms with Crippen LogP contribution in [-0.2, 0) is 20.0 Å². The molecule has 0 amide bonds. The SMILES string of the molecule is CCCS(=O)(=O)N(c1cccc(Br)c1Cl)S(=O)(=O)CCC. The molecule has 0 atom stereocenters. The summed E-state index contributed by atoms with van der Waals surface area (Å²) in [4.78, 5) is 0. The van der Waals surface area contributed by atoms with E-state index < -0.39 is 20.0 Å². The van der Waals surface area contributed by atoms with E-state index >= 15 is 0 Å². The van der Waals surface area contributed by atoms with Crippen LogP contribution in [0.15, 0.2) is 22.7 Å². The van der Waals surface area contributed by atoms with E-state index in [-0.39, 0.29) is 22.2 Å². The van der Waals surface area contributed by atoms with E-state index in [0.29, 0.717) is 21.0 Å². The number of rotatable bonds is 7. The Morgan fingerprint density at radius 1 is 1.05 bits per heavy atom. The van der Waals surface area contributed by atoms with Crippen molar-refractivity contribution in [2.24, 2.45) is 0 Å². The van der Waals surface area contributed by atoms with Crippen LogP contribution in [-0.4, -0.2) is 28.3 Å². The van der Waals surface area contributed by atoms with Crippen LogP contribution in [0, 0.1) is 0 Å². The molecule has 0 bridgehead atoms. The van der Waals surface area contributed by atoms with Gasteiger partial charge >= 0.3 is 0 Å². The van der Waals surface area contributed by atoms with Crippen molar-refractivity contribution >= 4 is 53.3 Å². The van der Waals surface area contributed by atoms with Gasteiger partial charge in [-0.1, -0.05) is 31.5 Å². The summed E-state index contributed by atoms with van der Waals surface area (Å²) < 4.78 is 50.5. The largest absolute Gasteiger partial charge is 0.248 e. The molecule has 1 aromatic carbocycles. The van der Waals surface area contributed by atoms with E-state index in [1.54, 1.807) is 26.0 Å². The van der Waals surface area contributed by atoms with Crippen molar-refractivity contribution in [2.45, 2.75) is 26.7 Å². The normalized spacial score (nSPS) is 12.4. The maximum Gasteiger partial charge on any atom is 0.248 e. The topological polar surface area (TPSA) is 71.5 Å². The molecule has 0 aromatic heterocycles. The molecule has 0 N–H and O–H groups in total. The van der Waals surface area contributed by atoms with Crippen LogP contribution in [0.2, 0.25) is 5.02 Å². The van der Waals surface area contributed by atoms with Gasteiger partial charge in [0.1, 0.15) is 0 Å². The van der Waals surface area contributed by atoms with Gasteiger partial charge in [0.25, 0.3) is 0 Å². The molecule has 0 saturated heterocycles. The third-order valence-electron chi connectivity index (χ3n) is 2.56. The van der Waals surface area contributed by atoms with E-state index in [0.717, 1.165) is 0 Å². The summed E-state index contributed by atoms with van der Waals surface area (Å²) in [5.41, 5.74) is -0.0482. The van der Waals surface area contributed by atoms with Crippen molar-refractivity contribution in [2.75, 3.05) is 15.2 Å². The first-order valence-corrected chi connectivity index (χ1v) is 10.8. The van der Waals surface area contributed by atoms with Gasteiger partial charge in [0.15, 0.2) is 0 Å². The second-order valence-corrected chi connectivity index (χ2v) is 9.74. The quantitative estimate of drug-likeness (QED) is 0.680. The molecular weight excluding hydrogens is 402 g/mol. The summed E-state index contributed by atoms with van der Waals surface area (Å²) in [5.74, 6) is -0.530. The molecule has 1 rings (SSSR count). The Labute approximate surface area is 139 Å². The number of hydrogen-bond acceptors (Lipinski definition) is 4. The highest BCUT2D eigenvalue weighted by Gasteiger charge is 2.34. The number of anilines is 1. The molecule has 9 heteroatoms. The zero-order valence-electron chi connectivity index (χ0n) is 11.7. The lowest BCUT2D eigenvalue weighted by molar-refractivity contribution is 0.583. The van der Waals surface area contributed by atoms with Crippen LogP contribution in [0.4, 0.5) is 5.69 Å². The van der Waals surface area contributed by atoms with Crippen molar-refractivity contribution in [3.63, 3.8) is 0 Å². The zero-order chi connectivity index (χ0) is 16.3. The van der Waals surface area contributed by atoms with E-state index in [2.05, 4.69) is 15.9 Å². The van der Waals surface area contributed by atoms with Gasteiger partial charge in [-0.05, 0) is 40.9 Å². The number of nitrogens with zero attached hydrogens (tertiary/aromatic N) is 1. The molecule has 5 nitrogen and oxygen atoms in total. The average Bonchev–Trinajstić information content (AvgIpc) is 2.34. The number of benzene rings is 1. The molecule has 0 saturated carbocycles. The summed E-state index contributed by atoms with van der Waals surface area (Å²) in [7, 11) is -8.01. The van der Waals surface area contributed by atoms with E-state index in [4.69, 9.17) is 11.6 Å². The highest BCUT2D eigenvalue weighted by molar-refractivity contribution is 9.10. The van der Waals surface area contributed by atoms with E-state index in [1.807, 2.05) is 0 Å². The van der Waals surface area contributed by atoms with Crippen LogP contribution < -0.4 is 3.71 Å². The number of hydrogen-bond donors (Lipinski definition) is 0. The molecule has 0 fully saturated rings. The Hall–Kier alpha value is -0.310. The second kappa shape index (κ2) is 7.30. The maximum atomic E-state index is 12.4. The molecule has 0 radical (unpaired) electrons. The molecule has 0 aliphatic carbocycles. The van der Waals surface area contributed by atoms with Crippen molar-refractivity contribution in [3.05, 3.63) is 27.7 Å². The predicted octanol–water partition coefficient (Wildman–Crippen LogP) is 3.39. The first kappa shape index (κ1) is 18.7. The van der Waals surface area contributed by atoms with E-state index in [9.17, 15) is 16.8 Å². The summed E-state index contributed by atoms with van der Waals surface area (Å²) >= 11 is 9.26. The Morgan fingerprint density at radius 2 is 1.52 bits per heavy atom. The Bertz CT molecular complexity index is 668. The minimum Gasteiger partial charge on any atom is -0.205 e. The highest BCUT2D eigenvalue weighted by atomic mass is 79.9. The number of sulfonamides is 2. The van der Waals surface area contributed by atoms with Crippen molar-refractivity contribution < 1.29 is 16.8 Å². The molecule has 0 heterocycles. The minimum atomic E-state index is -4.00. The predicted molar refractivity (Wildman–Crippen MR) is 89.8 cm³/mol. The zero-order valence-corrected chi connectivity index (χ0v) is 15.7. The summed E-state index contributed by atoms with van der Waals surface area (Å²) in [6.07, 6.45) is 0.623. The summed E-state index contributed by atoms with van der Waals surface area (Å²) in [6.45, 7) is 3.34. The number of halogens is 2. The van der Waals surface area contributed by atoms with Crippen molar-refractivity contribution in [3.8, 4) is 0 Å². The maximum absolute atomic E-state index is 12.4. The van der Waals surface area contributed by atoms with Crippen molar-refractivity contribution in [1.82, 2.24) is 0 Å². The fourth-order valence-corrected chi connectivity index (χ4v) is 6.55. The second-order valence-electron chi connectivity index (χ2n) is 4.40. The smallest absolute Gasteiger partial charge is 0.205 e. The van der Waals surface area contributed by atoms with Crippen LogP contribution in [0.1, 0.15) is 26.7 Å². The average molecular weight is 419 g/mol. The first-order valence-electron chi connectivity index (χ1n) is 6.37. The molecule has 1 aromatic rings. The Balaban J connectivity index is 3.58. The van der Waals surface area contributed by atoms with Gasteiger partial charge in [0, 0.05) is 4.47 Å². The van der Waals surface area contributed by atoms with Gasteiger partial charge in [0.05, 0.1) is 22.2 Å². The van der Waals surface area contributed by atoms with Gasteiger partial charge < -0.3 is 0 Å². The van der Waals surface area contributed by atoms with Crippen LogP contribution in [0.3, 0.4) is 0 Å². The van der Waals surface area contributed by atoms with E-state index in [1.165, 1.54) is 6.07 Å². The van der Waals surface area contributed by atoms with Crippen LogP contribution in [0.25, 0.3) is 0 Å². The van der Waals surface area contributed by atoms with Gasteiger partial charge in [0.2, 0.25) is 20.0 Å². The van der Waals surface area contributed by atoms with Gasteiger partial charge in [-0.3, -0.25) is 0 Å². The summed E-state index contributed by atoms with van der Waals surface area (Å²) in [6, 6.07) is 4.54. The first-order chi connectivity index (χ1) is 9.67. The van der Waals surface area contributed by atoms with Gasteiger partial charge in [-0.2, -0.15) is 3.71 Å². The lowest BCUT2D eigenvalue weighted by Crippen LogP contribution is -2.40. The molecular formula is C12H17BrClNO4S2. The Kier molecular flexibility index (Phi) is 6.52. The van der Waals surface area contributed by atoms with Crippen molar-refractivity contribution in [1.29, 1.82) is 0 Å². The van der Waals surface area contributed by atoms with Crippen LogP contribution >= 0.6 is 27.5 Å². The van der Waals surface area contributed by atoms with Gasteiger partial charge in [-0.15, -0.1) is 0 Å². The fourth-order valence-electron chi connectivity index (χ4n) is 1.79. The lowest BCUT2D eigenvalue weighted by Gasteiger charge is -2.24. The lowest BCUT2D eigenvalue weighted by atomic mass is 10.3. The summed E-state index contributed by atoms with van der Waals surface area (Å²) in [5, 5.41) is 0.0526. The molecule has 0 spiro atoms.